The van der Waals surface area contributed by atoms with Crippen LogP contribution in [0.3, 0.4) is 0 Å². The lowest BCUT2D eigenvalue weighted by Crippen LogP contribution is -2.27. The van der Waals surface area contributed by atoms with E-state index < -0.39 is 0 Å². The Hall–Kier alpha value is -1.76. The summed E-state index contributed by atoms with van der Waals surface area (Å²) in [5.74, 6) is 0.273. The normalized spacial score (nSPS) is 12.2. The van der Waals surface area contributed by atoms with E-state index in [1.165, 1.54) is 0 Å². The van der Waals surface area contributed by atoms with Gasteiger partial charge >= 0.3 is 0 Å². The van der Waals surface area contributed by atoms with Crippen LogP contribution in [0.4, 0.5) is 0 Å². The maximum atomic E-state index is 12.1. The molecule has 7 heteroatoms. The largest absolute Gasteiger partial charge is 0.342 e. The lowest BCUT2D eigenvalue weighted by molar-refractivity contribution is 0.0937. The Bertz CT molecular complexity index is 555. The van der Waals surface area contributed by atoms with Gasteiger partial charge in [-0.2, -0.15) is 5.21 Å². The average Bonchev–Trinajstić information content (AvgIpc) is 2.85. The molecule has 0 bridgehead atoms. The molecule has 1 amide bonds. The zero-order valence-electron chi connectivity index (χ0n) is 9.94. The molecule has 0 saturated carbocycles. The molecular weight excluding hydrogens is 298 g/mol. The van der Waals surface area contributed by atoms with Crippen LogP contribution in [-0.4, -0.2) is 26.5 Å². The monoisotopic (exact) mass is 309 g/mol. The molecule has 18 heavy (non-hydrogen) atoms. The Morgan fingerprint density at radius 2 is 2.28 bits per heavy atom. The molecule has 0 saturated heterocycles. The van der Waals surface area contributed by atoms with E-state index in [4.69, 9.17) is 0 Å². The molecule has 1 aromatic carbocycles. The number of benzene rings is 1. The minimum absolute atomic E-state index is 0.178. The second-order valence-corrected chi connectivity index (χ2v) is 4.80. The third kappa shape index (κ3) is 2.73. The van der Waals surface area contributed by atoms with Crippen LogP contribution in [0.15, 0.2) is 22.7 Å². The van der Waals surface area contributed by atoms with Crippen molar-refractivity contribution in [2.75, 3.05) is 0 Å². The number of aromatic amines is 1. The molecule has 1 aromatic heterocycles. The number of halogens is 1. The summed E-state index contributed by atoms with van der Waals surface area (Å²) in [5.41, 5.74) is 1.61. The number of aryl methyl sites for hydroxylation is 1. The first kappa shape index (κ1) is 12.7. The zero-order valence-corrected chi connectivity index (χ0v) is 11.5. The molecule has 2 aromatic rings. The molecular formula is C11H12BrN5O. The number of rotatable bonds is 3. The van der Waals surface area contributed by atoms with Gasteiger partial charge in [-0.05, 0) is 41.9 Å². The van der Waals surface area contributed by atoms with Crippen molar-refractivity contribution in [2.45, 2.75) is 19.9 Å². The number of amides is 1. The summed E-state index contributed by atoms with van der Waals surface area (Å²) in [6.45, 7) is 3.73. The number of hydrogen-bond donors (Lipinski definition) is 2. The second-order valence-electron chi connectivity index (χ2n) is 3.95. The molecule has 0 aliphatic carbocycles. The molecule has 0 radical (unpaired) electrons. The van der Waals surface area contributed by atoms with Crippen LogP contribution >= 0.6 is 15.9 Å². The highest BCUT2D eigenvalue weighted by atomic mass is 79.9. The topological polar surface area (TPSA) is 83.6 Å². The number of tetrazole rings is 1. The number of carbonyl (C=O) groups is 1. The van der Waals surface area contributed by atoms with Crippen molar-refractivity contribution in [3.8, 4) is 0 Å². The smallest absolute Gasteiger partial charge is 0.253 e. The molecule has 2 rings (SSSR count). The molecule has 0 spiro atoms. The summed E-state index contributed by atoms with van der Waals surface area (Å²) in [7, 11) is 0. The van der Waals surface area contributed by atoms with Crippen molar-refractivity contribution < 1.29 is 4.79 Å². The summed E-state index contributed by atoms with van der Waals surface area (Å²) in [6.07, 6.45) is 0. The standard InChI is InChI=1S/C11H12BrN5O/c1-6-3-4-9(12)8(5-6)11(18)13-7(2)10-14-16-17-15-10/h3-5,7H,1-2H3,(H,13,18)(H,14,15,16,17). The van der Waals surface area contributed by atoms with E-state index in [1.807, 2.05) is 25.1 Å². The van der Waals surface area contributed by atoms with Crippen molar-refractivity contribution in [1.29, 1.82) is 0 Å². The molecule has 2 N–H and O–H groups in total. The third-order valence-corrected chi connectivity index (χ3v) is 3.15. The van der Waals surface area contributed by atoms with Crippen molar-refractivity contribution in [3.63, 3.8) is 0 Å². The highest BCUT2D eigenvalue weighted by molar-refractivity contribution is 9.10. The lowest BCUT2D eigenvalue weighted by atomic mass is 10.1. The van der Waals surface area contributed by atoms with Gasteiger partial charge in [0, 0.05) is 4.47 Å². The summed E-state index contributed by atoms with van der Waals surface area (Å²) in [4.78, 5) is 12.1. The van der Waals surface area contributed by atoms with E-state index in [0.717, 1.165) is 10.0 Å². The van der Waals surface area contributed by atoms with Crippen molar-refractivity contribution >= 4 is 21.8 Å². The average molecular weight is 310 g/mol. The van der Waals surface area contributed by atoms with Crippen molar-refractivity contribution in [1.82, 2.24) is 25.9 Å². The van der Waals surface area contributed by atoms with Crippen LogP contribution in [0.1, 0.15) is 34.7 Å². The first-order valence-corrected chi connectivity index (χ1v) is 6.17. The van der Waals surface area contributed by atoms with Gasteiger partial charge in [-0.15, -0.1) is 10.2 Å². The van der Waals surface area contributed by atoms with Crippen LogP contribution in [-0.2, 0) is 0 Å². The molecule has 6 nitrogen and oxygen atoms in total. The SMILES string of the molecule is Cc1ccc(Br)c(C(=O)NC(C)c2nn[nH]n2)c1. The summed E-state index contributed by atoms with van der Waals surface area (Å²) >= 11 is 3.36. The molecule has 0 fully saturated rings. The van der Waals surface area contributed by atoms with Crippen LogP contribution in [0.2, 0.25) is 0 Å². The molecule has 1 heterocycles. The predicted octanol–water partition coefficient (Wildman–Crippen LogP) is 1.76. The number of aromatic nitrogens is 4. The van der Waals surface area contributed by atoms with Crippen molar-refractivity contribution in [2.24, 2.45) is 0 Å². The van der Waals surface area contributed by atoms with Gasteiger partial charge < -0.3 is 5.32 Å². The highest BCUT2D eigenvalue weighted by Crippen LogP contribution is 2.19. The minimum atomic E-state index is -0.302. The van der Waals surface area contributed by atoms with Crippen LogP contribution < -0.4 is 5.32 Å². The number of hydrogen-bond acceptors (Lipinski definition) is 4. The fourth-order valence-corrected chi connectivity index (χ4v) is 1.93. The van der Waals surface area contributed by atoms with E-state index in [2.05, 4.69) is 41.9 Å². The van der Waals surface area contributed by atoms with Gasteiger partial charge in [0.1, 0.15) is 0 Å². The van der Waals surface area contributed by atoms with E-state index in [1.54, 1.807) is 6.92 Å². The maximum Gasteiger partial charge on any atom is 0.253 e. The number of nitrogens with zero attached hydrogens (tertiary/aromatic N) is 3. The Balaban J connectivity index is 2.15. The third-order valence-electron chi connectivity index (χ3n) is 2.46. The Labute approximate surface area is 112 Å². The van der Waals surface area contributed by atoms with Gasteiger partial charge in [0.05, 0.1) is 11.6 Å². The quantitative estimate of drug-likeness (QED) is 0.905. The van der Waals surface area contributed by atoms with Gasteiger partial charge in [0.2, 0.25) is 0 Å². The first-order valence-electron chi connectivity index (χ1n) is 5.38. The van der Waals surface area contributed by atoms with E-state index in [9.17, 15) is 4.79 Å². The summed E-state index contributed by atoms with van der Waals surface area (Å²) < 4.78 is 0.755. The number of nitrogens with one attached hydrogen (secondary N) is 2. The molecule has 94 valence electrons. The zero-order chi connectivity index (χ0) is 13.1. The van der Waals surface area contributed by atoms with E-state index >= 15 is 0 Å². The highest BCUT2D eigenvalue weighted by Gasteiger charge is 2.16. The Kier molecular flexibility index (Phi) is 3.71. The Morgan fingerprint density at radius 3 is 2.94 bits per heavy atom. The molecule has 0 aliphatic rings. The minimum Gasteiger partial charge on any atom is -0.342 e. The van der Waals surface area contributed by atoms with Crippen LogP contribution in [0.25, 0.3) is 0 Å². The van der Waals surface area contributed by atoms with Gasteiger partial charge in [0.25, 0.3) is 5.91 Å². The predicted molar refractivity (Wildman–Crippen MR) is 68.9 cm³/mol. The summed E-state index contributed by atoms with van der Waals surface area (Å²) in [6, 6.07) is 5.30. The first-order chi connectivity index (χ1) is 8.58. The maximum absolute atomic E-state index is 12.1. The van der Waals surface area contributed by atoms with Gasteiger partial charge in [-0.25, -0.2) is 0 Å². The van der Waals surface area contributed by atoms with Gasteiger partial charge in [0.15, 0.2) is 5.82 Å². The molecule has 1 atom stereocenters. The van der Waals surface area contributed by atoms with E-state index in [0.29, 0.717) is 11.4 Å². The molecule has 1 unspecified atom stereocenters. The van der Waals surface area contributed by atoms with Crippen LogP contribution in [0, 0.1) is 6.92 Å². The van der Waals surface area contributed by atoms with E-state index in [-0.39, 0.29) is 11.9 Å². The number of carbonyl (C=O) groups excluding carboxylic acids is 1. The second kappa shape index (κ2) is 5.26. The fraction of sp³-hybridized carbons (Fsp3) is 0.273. The Morgan fingerprint density at radius 1 is 1.50 bits per heavy atom. The van der Waals surface area contributed by atoms with Crippen molar-refractivity contribution in [3.05, 3.63) is 39.6 Å². The van der Waals surface area contributed by atoms with Crippen LogP contribution in [0.5, 0.6) is 0 Å². The van der Waals surface area contributed by atoms with Gasteiger partial charge in [-0.1, -0.05) is 16.8 Å². The molecule has 0 aliphatic heterocycles. The summed E-state index contributed by atoms with van der Waals surface area (Å²) in [5, 5.41) is 16.3. The lowest BCUT2D eigenvalue weighted by Gasteiger charge is -2.11. The number of H-pyrrole nitrogens is 1. The fourth-order valence-electron chi connectivity index (χ4n) is 1.51. The van der Waals surface area contributed by atoms with Gasteiger partial charge in [-0.3, -0.25) is 4.79 Å².